The summed E-state index contributed by atoms with van der Waals surface area (Å²) in [5.41, 5.74) is 1.96. The van der Waals surface area contributed by atoms with E-state index in [-0.39, 0.29) is 36.0 Å². The summed E-state index contributed by atoms with van der Waals surface area (Å²) in [5, 5.41) is 17.7. The zero-order valence-corrected chi connectivity index (χ0v) is 18.4. The van der Waals surface area contributed by atoms with E-state index in [1.54, 1.807) is 19.1 Å². The van der Waals surface area contributed by atoms with Gasteiger partial charge in [0.1, 0.15) is 11.6 Å². The fourth-order valence-corrected chi connectivity index (χ4v) is 5.60. The molecule has 2 aliphatic rings. The van der Waals surface area contributed by atoms with Gasteiger partial charge in [0.25, 0.3) is 0 Å². The first-order valence-corrected chi connectivity index (χ1v) is 12.1. The van der Waals surface area contributed by atoms with Gasteiger partial charge in [0.2, 0.25) is 0 Å². The van der Waals surface area contributed by atoms with E-state index < -0.39 is 22.1 Å². The topological polar surface area (TPSA) is 87.5 Å². The molecule has 2 heterocycles. The van der Waals surface area contributed by atoms with Crippen LogP contribution in [0.3, 0.4) is 0 Å². The molecule has 1 aromatic heterocycles. The molecule has 0 atom stereocenters. The van der Waals surface area contributed by atoms with E-state index in [0.29, 0.717) is 35.2 Å². The van der Waals surface area contributed by atoms with E-state index in [4.69, 9.17) is 0 Å². The highest BCUT2D eigenvalue weighted by molar-refractivity contribution is 7.87. The Hall–Kier alpha value is -2.56. The number of benzene rings is 2. The zero-order valence-electron chi connectivity index (χ0n) is 17.6. The van der Waals surface area contributed by atoms with Crippen molar-refractivity contribution in [2.24, 2.45) is 0 Å². The lowest BCUT2D eigenvalue weighted by Gasteiger charge is -2.28. The van der Waals surface area contributed by atoms with E-state index in [9.17, 15) is 17.9 Å². The molecular formula is C22H24F2N4O3S. The third kappa shape index (κ3) is 3.76. The van der Waals surface area contributed by atoms with Crippen LogP contribution in [0.5, 0.6) is 0 Å². The molecular weight excluding hydrogens is 438 g/mol. The molecule has 2 N–H and O–H groups in total. The number of nitrogens with zero attached hydrogens (tertiary/aromatic N) is 3. The number of rotatable bonds is 5. The summed E-state index contributed by atoms with van der Waals surface area (Å²) in [6.07, 6.45) is 2.00. The van der Waals surface area contributed by atoms with Gasteiger partial charge < -0.3 is 10.4 Å². The summed E-state index contributed by atoms with van der Waals surface area (Å²) < 4.78 is 57.4. The van der Waals surface area contributed by atoms with E-state index in [2.05, 4.69) is 10.4 Å². The second-order valence-electron chi connectivity index (χ2n) is 8.58. The third-order valence-corrected chi connectivity index (χ3v) is 7.87. The summed E-state index contributed by atoms with van der Waals surface area (Å²) in [5.74, 6) is -0.838. The van der Waals surface area contributed by atoms with Crippen LogP contribution in [0.1, 0.15) is 42.9 Å². The Balaban J connectivity index is 1.57. The van der Waals surface area contributed by atoms with Crippen molar-refractivity contribution in [1.82, 2.24) is 13.5 Å². The predicted molar refractivity (Wildman–Crippen MR) is 117 cm³/mol. The van der Waals surface area contributed by atoms with Crippen molar-refractivity contribution in [2.45, 2.75) is 44.6 Å². The molecule has 32 heavy (non-hydrogen) atoms. The number of fused-ring (bicyclic) bond motifs is 1. The quantitative estimate of drug-likeness (QED) is 0.602. The van der Waals surface area contributed by atoms with E-state index in [1.165, 1.54) is 22.5 Å². The van der Waals surface area contributed by atoms with Crippen LogP contribution in [-0.2, 0) is 10.2 Å². The van der Waals surface area contributed by atoms with E-state index in [1.807, 2.05) is 0 Å². The first kappa shape index (κ1) is 21.3. The van der Waals surface area contributed by atoms with Gasteiger partial charge in [-0.15, -0.1) is 4.09 Å². The van der Waals surface area contributed by atoms with Crippen LogP contribution in [-0.4, -0.2) is 46.2 Å². The summed E-state index contributed by atoms with van der Waals surface area (Å²) >= 11 is 0. The lowest BCUT2D eigenvalue weighted by Crippen LogP contribution is -2.43. The molecule has 2 fully saturated rings. The monoisotopic (exact) mass is 462 g/mol. The van der Waals surface area contributed by atoms with Crippen LogP contribution in [0.2, 0.25) is 0 Å². The van der Waals surface area contributed by atoms with Crippen molar-refractivity contribution in [3.8, 4) is 0 Å². The van der Waals surface area contributed by atoms with Crippen LogP contribution in [0.15, 0.2) is 30.3 Å². The van der Waals surface area contributed by atoms with Crippen molar-refractivity contribution in [1.29, 1.82) is 0 Å². The van der Waals surface area contributed by atoms with Gasteiger partial charge in [-0.2, -0.15) is 17.8 Å². The fraction of sp³-hybridized carbons (Fsp3) is 0.409. The van der Waals surface area contributed by atoms with Crippen LogP contribution < -0.4 is 5.32 Å². The number of nitrogens with one attached hydrogen (secondary N) is 1. The Morgan fingerprint density at radius 2 is 1.78 bits per heavy atom. The number of halogens is 2. The molecule has 1 aliphatic carbocycles. The molecule has 3 aromatic rings. The summed E-state index contributed by atoms with van der Waals surface area (Å²) in [6.45, 7) is 2.01. The highest BCUT2D eigenvalue weighted by Crippen LogP contribution is 2.44. The Kier molecular flexibility index (Phi) is 5.18. The van der Waals surface area contributed by atoms with Crippen molar-refractivity contribution in [3.05, 3.63) is 53.2 Å². The van der Waals surface area contributed by atoms with Crippen LogP contribution >= 0.6 is 0 Å². The highest BCUT2D eigenvalue weighted by Gasteiger charge is 2.35. The van der Waals surface area contributed by atoms with Gasteiger partial charge in [-0.3, -0.25) is 0 Å². The SMILES string of the molecule is Cc1cc(Nc2cc3c(C4CC4)nn(S(=O)(=O)N4CCC(O)CC4)c3cc2F)ccc1F. The fourth-order valence-electron chi connectivity index (χ4n) is 4.12. The third-order valence-electron chi connectivity index (χ3n) is 6.14. The Bertz CT molecular complexity index is 1300. The van der Waals surface area contributed by atoms with Crippen molar-refractivity contribution < 1.29 is 22.3 Å². The molecule has 1 saturated carbocycles. The maximum Gasteiger partial charge on any atom is 0.323 e. The Morgan fingerprint density at radius 3 is 2.44 bits per heavy atom. The summed E-state index contributed by atoms with van der Waals surface area (Å²) in [4.78, 5) is 0. The standard InChI is InChI=1S/C22H24F2N4O3S/c1-13-10-15(4-5-18(13)23)25-20-11-17-21(12-19(20)24)28(26-22(17)14-2-3-14)32(30,31)27-8-6-16(29)7-9-27/h4-5,10-12,14,16,25,29H,2-3,6-9H2,1H3. The highest BCUT2D eigenvalue weighted by atomic mass is 32.2. The number of anilines is 2. The maximum absolute atomic E-state index is 15.1. The van der Waals surface area contributed by atoms with Gasteiger partial charge in [0.15, 0.2) is 0 Å². The van der Waals surface area contributed by atoms with Crippen LogP contribution in [0, 0.1) is 18.6 Å². The molecule has 2 aromatic carbocycles. The van der Waals surface area contributed by atoms with Crippen molar-refractivity contribution >= 4 is 32.5 Å². The molecule has 0 unspecified atom stereocenters. The molecule has 0 bridgehead atoms. The summed E-state index contributed by atoms with van der Waals surface area (Å²) in [7, 11) is -4.00. The number of aliphatic hydroxyl groups is 1. The first-order chi connectivity index (χ1) is 15.2. The largest absolute Gasteiger partial charge is 0.393 e. The van der Waals surface area contributed by atoms with E-state index in [0.717, 1.165) is 16.9 Å². The van der Waals surface area contributed by atoms with Gasteiger partial charge in [-0.1, -0.05) is 0 Å². The minimum absolute atomic E-state index is 0.142. The predicted octanol–water partition coefficient (Wildman–Crippen LogP) is 3.79. The molecule has 1 aliphatic heterocycles. The molecule has 0 spiro atoms. The number of piperidine rings is 1. The first-order valence-electron chi connectivity index (χ1n) is 10.7. The Labute approximate surface area is 184 Å². The van der Waals surface area contributed by atoms with Crippen LogP contribution in [0.4, 0.5) is 20.2 Å². The number of aryl methyl sites for hydroxylation is 1. The van der Waals surface area contributed by atoms with Gasteiger partial charge in [-0.25, -0.2) is 8.78 Å². The van der Waals surface area contributed by atoms with Crippen molar-refractivity contribution in [2.75, 3.05) is 18.4 Å². The Morgan fingerprint density at radius 1 is 1.06 bits per heavy atom. The number of aliphatic hydroxyl groups excluding tert-OH is 1. The normalized spacial score (nSPS) is 18.4. The lowest BCUT2D eigenvalue weighted by molar-refractivity contribution is 0.112. The average Bonchev–Trinajstić information content (AvgIpc) is 3.53. The minimum Gasteiger partial charge on any atom is -0.393 e. The molecule has 1 saturated heterocycles. The molecule has 10 heteroatoms. The number of hydrogen-bond donors (Lipinski definition) is 2. The van der Waals surface area contributed by atoms with Gasteiger partial charge >= 0.3 is 10.2 Å². The minimum atomic E-state index is -4.00. The maximum atomic E-state index is 15.1. The molecule has 170 valence electrons. The lowest BCUT2D eigenvalue weighted by atomic mass is 10.1. The van der Waals surface area contributed by atoms with Gasteiger partial charge in [0.05, 0.1) is 23.0 Å². The molecule has 0 amide bonds. The number of aromatic nitrogens is 2. The number of hydrogen-bond acceptors (Lipinski definition) is 5. The van der Waals surface area contributed by atoms with Gasteiger partial charge in [0, 0.05) is 36.1 Å². The molecule has 7 nitrogen and oxygen atoms in total. The van der Waals surface area contributed by atoms with Crippen molar-refractivity contribution in [3.63, 3.8) is 0 Å². The second kappa shape index (κ2) is 7.79. The molecule has 5 rings (SSSR count). The smallest absolute Gasteiger partial charge is 0.323 e. The van der Waals surface area contributed by atoms with E-state index >= 15 is 4.39 Å². The van der Waals surface area contributed by atoms with Crippen LogP contribution in [0.25, 0.3) is 10.9 Å². The summed E-state index contributed by atoms with van der Waals surface area (Å²) in [6, 6.07) is 7.18. The second-order valence-corrected chi connectivity index (χ2v) is 10.3. The average molecular weight is 463 g/mol. The van der Waals surface area contributed by atoms with Gasteiger partial charge in [-0.05, 0) is 62.4 Å². The zero-order chi connectivity index (χ0) is 22.6. The molecule has 0 radical (unpaired) electrons.